The van der Waals surface area contributed by atoms with Crippen molar-refractivity contribution in [1.82, 2.24) is 15.1 Å². The number of amides is 1. The Labute approximate surface area is 165 Å². The Hall–Kier alpha value is -2.53. The second-order valence-corrected chi connectivity index (χ2v) is 7.57. The number of rotatable bonds is 6. The molecule has 0 aliphatic heterocycles. The summed E-state index contributed by atoms with van der Waals surface area (Å²) in [6.07, 6.45) is 2.81. The highest BCUT2D eigenvalue weighted by Gasteiger charge is 2.09. The van der Waals surface area contributed by atoms with Crippen LogP contribution < -0.4 is 5.32 Å². The lowest BCUT2D eigenvalue weighted by Crippen LogP contribution is -2.26. The van der Waals surface area contributed by atoms with Crippen LogP contribution in [0.5, 0.6) is 0 Å². The Bertz CT molecular complexity index is 945. The van der Waals surface area contributed by atoms with Crippen molar-refractivity contribution in [3.8, 4) is 5.69 Å². The molecule has 1 aromatic heterocycles. The van der Waals surface area contributed by atoms with Gasteiger partial charge in [-0.3, -0.25) is 4.79 Å². The van der Waals surface area contributed by atoms with Crippen molar-refractivity contribution >= 4 is 17.7 Å². The van der Waals surface area contributed by atoms with E-state index in [0.717, 1.165) is 39.5 Å². The van der Waals surface area contributed by atoms with Crippen molar-refractivity contribution in [2.24, 2.45) is 0 Å². The third kappa shape index (κ3) is 4.61. The maximum Gasteiger partial charge on any atom is 0.251 e. The molecule has 2 aromatic carbocycles. The van der Waals surface area contributed by atoms with Crippen molar-refractivity contribution in [1.29, 1.82) is 0 Å². The maximum absolute atomic E-state index is 12.5. The van der Waals surface area contributed by atoms with Gasteiger partial charge in [0.2, 0.25) is 0 Å². The quantitative estimate of drug-likeness (QED) is 0.642. The predicted molar refractivity (Wildman–Crippen MR) is 112 cm³/mol. The van der Waals surface area contributed by atoms with E-state index < -0.39 is 0 Å². The average molecular weight is 380 g/mol. The first-order chi connectivity index (χ1) is 13.0. The zero-order valence-electron chi connectivity index (χ0n) is 16.2. The Morgan fingerprint density at radius 2 is 1.81 bits per heavy atom. The van der Waals surface area contributed by atoms with Crippen molar-refractivity contribution < 1.29 is 4.79 Å². The van der Waals surface area contributed by atoms with E-state index in [-0.39, 0.29) is 5.91 Å². The summed E-state index contributed by atoms with van der Waals surface area (Å²) in [5, 5.41) is 7.54. The van der Waals surface area contributed by atoms with Gasteiger partial charge in [0.05, 0.1) is 11.4 Å². The largest absolute Gasteiger partial charge is 0.352 e. The molecule has 3 rings (SSSR count). The summed E-state index contributed by atoms with van der Waals surface area (Å²) < 4.78 is 1.95. The molecule has 0 saturated heterocycles. The van der Waals surface area contributed by atoms with Gasteiger partial charge in [0, 0.05) is 22.7 Å². The third-order valence-electron chi connectivity index (χ3n) is 4.58. The molecule has 0 aliphatic rings. The molecule has 5 heteroatoms. The first kappa shape index (κ1) is 19.2. The molecule has 0 aliphatic carbocycles. The Kier molecular flexibility index (Phi) is 6.01. The normalized spacial score (nSPS) is 10.8. The summed E-state index contributed by atoms with van der Waals surface area (Å²) >= 11 is 1.64. The van der Waals surface area contributed by atoms with Gasteiger partial charge in [-0.15, -0.1) is 11.8 Å². The van der Waals surface area contributed by atoms with Crippen molar-refractivity contribution in [3.63, 3.8) is 0 Å². The summed E-state index contributed by atoms with van der Waals surface area (Å²) in [7, 11) is 0. The summed E-state index contributed by atoms with van der Waals surface area (Å²) in [5.74, 6) is -0.0114. The van der Waals surface area contributed by atoms with Crippen LogP contribution in [-0.4, -0.2) is 28.5 Å². The fourth-order valence-electron chi connectivity index (χ4n) is 3.08. The first-order valence-electron chi connectivity index (χ1n) is 9.03. The van der Waals surface area contributed by atoms with E-state index in [9.17, 15) is 4.79 Å². The summed E-state index contributed by atoms with van der Waals surface area (Å²) in [4.78, 5) is 13.6. The van der Waals surface area contributed by atoms with E-state index in [0.29, 0.717) is 6.54 Å². The van der Waals surface area contributed by atoms with E-state index in [1.54, 1.807) is 11.8 Å². The van der Waals surface area contributed by atoms with Crippen LogP contribution in [0.4, 0.5) is 0 Å². The van der Waals surface area contributed by atoms with Gasteiger partial charge < -0.3 is 5.32 Å². The molecule has 1 heterocycles. The standard InChI is InChI=1S/C22H25N3OS/c1-15-5-10-20(27-4)14-21(15)22(26)23-12-11-18-6-8-19(9-7-18)25-17(3)13-16(2)24-25/h5-10,13-14H,11-12H2,1-4H3,(H,23,26). The molecule has 140 valence electrons. The minimum Gasteiger partial charge on any atom is -0.352 e. The summed E-state index contributed by atoms with van der Waals surface area (Å²) in [5.41, 5.74) is 6.13. The highest BCUT2D eigenvalue weighted by Crippen LogP contribution is 2.19. The molecule has 0 radical (unpaired) electrons. The van der Waals surface area contributed by atoms with Gasteiger partial charge >= 0.3 is 0 Å². The zero-order valence-corrected chi connectivity index (χ0v) is 17.1. The van der Waals surface area contributed by atoms with Crippen LogP contribution in [0, 0.1) is 20.8 Å². The van der Waals surface area contributed by atoms with Gasteiger partial charge in [0.1, 0.15) is 0 Å². The number of hydrogen-bond acceptors (Lipinski definition) is 3. The Balaban J connectivity index is 1.59. The Morgan fingerprint density at radius 3 is 2.44 bits per heavy atom. The number of benzene rings is 2. The molecule has 0 saturated carbocycles. The molecule has 0 atom stereocenters. The highest BCUT2D eigenvalue weighted by molar-refractivity contribution is 7.98. The molecular weight excluding hydrogens is 354 g/mol. The number of carbonyl (C=O) groups excluding carboxylic acids is 1. The number of aromatic nitrogens is 2. The van der Waals surface area contributed by atoms with Crippen LogP contribution in [0.2, 0.25) is 0 Å². The van der Waals surface area contributed by atoms with Gasteiger partial charge in [-0.25, -0.2) is 4.68 Å². The van der Waals surface area contributed by atoms with Gasteiger partial charge in [-0.2, -0.15) is 5.10 Å². The predicted octanol–water partition coefficient (Wildman–Crippen LogP) is 4.49. The Morgan fingerprint density at radius 1 is 1.07 bits per heavy atom. The van der Waals surface area contributed by atoms with E-state index in [1.807, 2.05) is 43.0 Å². The lowest BCUT2D eigenvalue weighted by molar-refractivity contribution is 0.0953. The highest BCUT2D eigenvalue weighted by atomic mass is 32.2. The molecule has 1 N–H and O–H groups in total. The molecule has 27 heavy (non-hydrogen) atoms. The van der Waals surface area contributed by atoms with Crippen LogP contribution in [0.25, 0.3) is 5.69 Å². The SMILES string of the molecule is CSc1ccc(C)c(C(=O)NCCc2ccc(-n3nc(C)cc3C)cc2)c1. The third-order valence-corrected chi connectivity index (χ3v) is 5.30. The van der Waals surface area contributed by atoms with Crippen molar-refractivity contribution in [2.45, 2.75) is 32.1 Å². The van der Waals surface area contributed by atoms with Crippen LogP contribution in [0.1, 0.15) is 32.9 Å². The summed E-state index contributed by atoms with van der Waals surface area (Å²) in [6, 6.07) is 16.4. The van der Waals surface area contributed by atoms with Gasteiger partial charge in [-0.1, -0.05) is 18.2 Å². The lowest BCUT2D eigenvalue weighted by atomic mass is 10.1. The molecule has 0 fully saturated rings. The molecule has 4 nitrogen and oxygen atoms in total. The van der Waals surface area contributed by atoms with Crippen LogP contribution in [0.15, 0.2) is 53.4 Å². The first-order valence-corrected chi connectivity index (χ1v) is 10.3. The van der Waals surface area contributed by atoms with Gasteiger partial charge in [0.25, 0.3) is 5.91 Å². The maximum atomic E-state index is 12.5. The van der Waals surface area contributed by atoms with Crippen LogP contribution in [0.3, 0.4) is 0 Å². The second kappa shape index (κ2) is 8.44. The van der Waals surface area contributed by atoms with Crippen molar-refractivity contribution in [2.75, 3.05) is 12.8 Å². The average Bonchev–Trinajstić information content (AvgIpc) is 3.00. The number of nitrogens with one attached hydrogen (secondary N) is 1. The number of aryl methyl sites for hydroxylation is 3. The van der Waals surface area contributed by atoms with Gasteiger partial charge in [0.15, 0.2) is 0 Å². The second-order valence-electron chi connectivity index (χ2n) is 6.69. The van der Waals surface area contributed by atoms with Crippen LogP contribution in [-0.2, 0) is 6.42 Å². The number of hydrogen-bond donors (Lipinski definition) is 1. The molecule has 1 amide bonds. The van der Waals surface area contributed by atoms with Crippen molar-refractivity contribution in [3.05, 3.63) is 76.6 Å². The van der Waals surface area contributed by atoms with E-state index in [2.05, 4.69) is 47.7 Å². The number of carbonyl (C=O) groups is 1. The molecule has 0 spiro atoms. The fraction of sp³-hybridized carbons (Fsp3) is 0.273. The smallest absolute Gasteiger partial charge is 0.251 e. The van der Waals surface area contributed by atoms with Crippen LogP contribution >= 0.6 is 11.8 Å². The van der Waals surface area contributed by atoms with Gasteiger partial charge in [-0.05, 0) is 74.9 Å². The molecule has 3 aromatic rings. The molecule has 0 bridgehead atoms. The van der Waals surface area contributed by atoms with E-state index in [4.69, 9.17) is 0 Å². The minimum absolute atomic E-state index is 0.0114. The topological polar surface area (TPSA) is 46.9 Å². The number of nitrogens with zero attached hydrogens (tertiary/aromatic N) is 2. The molecular formula is C22H25N3OS. The number of thioether (sulfide) groups is 1. The minimum atomic E-state index is -0.0114. The lowest BCUT2D eigenvalue weighted by Gasteiger charge is -2.10. The zero-order chi connectivity index (χ0) is 19.4. The monoisotopic (exact) mass is 379 g/mol. The summed E-state index contributed by atoms with van der Waals surface area (Å²) in [6.45, 7) is 6.63. The van der Waals surface area contributed by atoms with E-state index in [1.165, 1.54) is 5.56 Å². The van der Waals surface area contributed by atoms with E-state index >= 15 is 0 Å². The molecule has 0 unspecified atom stereocenters. The fourth-order valence-corrected chi connectivity index (χ4v) is 3.52.